The molecule has 152 valence electrons. The number of nitrogens with one attached hydrogen (secondary N) is 2. The van der Waals surface area contributed by atoms with Gasteiger partial charge in [-0.3, -0.25) is 15.4 Å². The van der Waals surface area contributed by atoms with Gasteiger partial charge in [0.05, 0.1) is 23.1 Å². The number of aromatic nitrogens is 3. The fourth-order valence-corrected chi connectivity index (χ4v) is 4.53. The van der Waals surface area contributed by atoms with E-state index in [1.165, 1.54) is 6.07 Å². The Bertz CT molecular complexity index is 1440. The molecule has 0 aliphatic rings. The van der Waals surface area contributed by atoms with Gasteiger partial charge in [0.1, 0.15) is 0 Å². The summed E-state index contributed by atoms with van der Waals surface area (Å²) in [6.07, 6.45) is 6.92. The lowest BCUT2D eigenvalue weighted by atomic mass is 9.94. The zero-order chi connectivity index (χ0) is 21.5. The van der Waals surface area contributed by atoms with Crippen LogP contribution >= 0.6 is 11.3 Å². The monoisotopic (exact) mass is 427 g/mol. The number of aromatic amines is 1. The molecule has 0 fully saturated rings. The predicted octanol–water partition coefficient (Wildman–Crippen LogP) is 5.80. The van der Waals surface area contributed by atoms with Crippen LogP contribution in [0.2, 0.25) is 0 Å². The van der Waals surface area contributed by atoms with Gasteiger partial charge in [-0.25, -0.2) is 0 Å². The molecule has 0 aliphatic heterocycles. The molecule has 0 unspecified atom stereocenters. The van der Waals surface area contributed by atoms with Crippen molar-refractivity contribution in [2.24, 2.45) is 0 Å². The van der Waals surface area contributed by atoms with Crippen LogP contribution < -0.4 is 5.73 Å². The summed E-state index contributed by atoms with van der Waals surface area (Å²) in [5, 5.41) is 9.49. The Morgan fingerprint density at radius 1 is 1.03 bits per heavy atom. The lowest BCUT2D eigenvalue weighted by molar-refractivity contribution is 0.657. The number of aryl methyl sites for hydroxylation is 1. The first-order chi connectivity index (χ1) is 15.0. The summed E-state index contributed by atoms with van der Waals surface area (Å²) in [4.78, 5) is 12.4. The molecule has 4 N–H and O–H groups in total. The number of nitrogen functional groups attached to an aromatic ring is 1. The van der Waals surface area contributed by atoms with Crippen molar-refractivity contribution in [1.29, 1.82) is 5.41 Å². The van der Waals surface area contributed by atoms with Gasteiger partial charge in [-0.1, -0.05) is 0 Å². The molecule has 7 heteroatoms. The summed E-state index contributed by atoms with van der Waals surface area (Å²) < 4.78 is 13.6. The Morgan fingerprint density at radius 3 is 2.58 bits per heavy atom. The van der Waals surface area contributed by atoms with Gasteiger partial charge in [0, 0.05) is 45.7 Å². The topological polar surface area (TPSA) is 91.4 Å². The van der Waals surface area contributed by atoms with E-state index in [0.29, 0.717) is 16.9 Å². The second-order valence-electron chi connectivity index (χ2n) is 7.30. The number of anilines is 1. The van der Waals surface area contributed by atoms with Gasteiger partial charge in [0.2, 0.25) is 0 Å². The van der Waals surface area contributed by atoms with Crippen LogP contribution in [0, 0.1) is 17.5 Å². The molecular weight excluding hydrogens is 409 g/mol. The van der Waals surface area contributed by atoms with Gasteiger partial charge in [-0.05, 0) is 66.1 Å². The first-order valence-corrected chi connectivity index (χ1v) is 10.4. The smallest absolute Gasteiger partial charge is 0.176 e. The molecule has 4 heterocycles. The Kier molecular flexibility index (Phi) is 4.60. The van der Waals surface area contributed by atoms with Crippen LogP contribution in [0.4, 0.5) is 10.1 Å². The number of benzene rings is 1. The minimum absolute atomic E-state index is 0.244. The van der Waals surface area contributed by atoms with Gasteiger partial charge in [0.25, 0.3) is 0 Å². The molecule has 0 aliphatic carbocycles. The fraction of sp³-hybridized carbons (Fsp3) is 0.0417. The second-order valence-corrected chi connectivity index (χ2v) is 8.33. The quantitative estimate of drug-likeness (QED) is 0.250. The lowest BCUT2D eigenvalue weighted by Gasteiger charge is -2.12. The maximum absolute atomic E-state index is 13.6. The largest absolute Gasteiger partial charge is 0.398 e. The van der Waals surface area contributed by atoms with E-state index in [2.05, 4.69) is 15.0 Å². The molecule has 1 aromatic carbocycles. The summed E-state index contributed by atoms with van der Waals surface area (Å²) in [5.41, 5.74) is 13.1. The Morgan fingerprint density at radius 2 is 1.84 bits per heavy atom. The zero-order valence-corrected chi connectivity index (χ0v) is 17.4. The Labute approximate surface area is 181 Å². The van der Waals surface area contributed by atoms with Gasteiger partial charge in [-0.2, -0.15) is 4.39 Å². The third kappa shape index (κ3) is 3.39. The minimum atomic E-state index is -0.244. The summed E-state index contributed by atoms with van der Waals surface area (Å²) in [6, 6.07) is 12.8. The fourth-order valence-electron chi connectivity index (χ4n) is 3.78. The number of halogens is 1. The van der Waals surface area contributed by atoms with Crippen LogP contribution in [0.1, 0.15) is 16.8 Å². The number of thiophene rings is 1. The van der Waals surface area contributed by atoms with E-state index in [-0.39, 0.29) is 10.8 Å². The maximum atomic E-state index is 13.6. The highest BCUT2D eigenvalue weighted by Crippen LogP contribution is 2.34. The van der Waals surface area contributed by atoms with Gasteiger partial charge in [-0.15, -0.1) is 11.3 Å². The van der Waals surface area contributed by atoms with Crippen LogP contribution in [0.25, 0.3) is 32.5 Å². The third-order valence-corrected chi connectivity index (χ3v) is 6.22. The SMILES string of the molecule is Cc1cc(N)c(C(=N)c2cc3c(-c4ccc(F)s4)cncc3[nH]2)cc1-c1ccncc1. The number of H-pyrrole nitrogens is 1. The molecule has 0 saturated carbocycles. The number of nitrogens with two attached hydrogens (primary N) is 1. The van der Waals surface area contributed by atoms with Crippen molar-refractivity contribution in [3.8, 4) is 21.6 Å². The van der Waals surface area contributed by atoms with Crippen LogP contribution in [0.5, 0.6) is 0 Å². The van der Waals surface area contributed by atoms with Crippen molar-refractivity contribution >= 4 is 33.6 Å². The highest BCUT2D eigenvalue weighted by Gasteiger charge is 2.17. The molecule has 0 amide bonds. The standard InChI is InChI=1S/C24H18FN5S/c1-13-8-19(26)17(9-15(13)14-4-6-28-7-5-14)24(27)20-10-16-18(11-29-12-21(16)30-20)22-2-3-23(25)31-22/h2-12,27,30H,26H2,1H3. The van der Waals surface area contributed by atoms with Crippen molar-refractivity contribution in [2.75, 3.05) is 5.73 Å². The van der Waals surface area contributed by atoms with Crippen molar-refractivity contribution < 1.29 is 4.39 Å². The van der Waals surface area contributed by atoms with Crippen LogP contribution in [-0.4, -0.2) is 20.7 Å². The van der Waals surface area contributed by atoms with E-state index in [1.807, 2.05) is 37.3 Å². The molecule has 0 radical (unpaired) electrons. The minimum Gasteiger partial charge on any atom is -0.398 e. The van der Waals surface area contributed by atoms with E-state index < -0.39 is 0 Å². The molecule has 0 bridgehead atoms. The van der Waals surface area contributed by atoms with Crippen molar-refractivity contribution in [2.45, 2.75) is 6.92 Å². The number of pyridine rings is 2. The van der Waals surface area contributed by atoms with Crippen LogP contribution in [-0.2, 0) is 0 Å². The zero-order valence-electron chi connectivity index (χ0n) is 16.6. The predicted molar refractivity (Wildman–Crippen MR) is 124 cm³/mol. The Balaban J connectivity index is 1.61. The second kappa shape index (κ2) is 7.45. The summed E-state index contributed by atoms with van der Waals surface area (Å²) in [7, 11) is 0. The lowest BCUT2D eigenvalue weighted by Crippen LogP contribution is -2.07. The van der Waals surface area contributed by atoms with Crippen molar-refractivity contribution in [1.82, 2.24) is 15.0 Å². The van der Waals surface area contributed by atoms with Crippen LogP contribution in [0.15, 0.2) is 67.3 Å². The number of hydrogen-bond donors (Lipinski definition) is 3. The maximum Gasteiger partial charge on any atom is 0.176 e. The molecule has 5 nitrogen and oxygen atoms in total. The summed E-state index contributed by atoms with van der Waals surface area (Å²) in [5.74, 6) is 0. The molecule has 0 atom stereocenters. The van der Waals surface area contributed by atoms with E-state index in [0.717, 1.165) is 49.4 Å². The third-order valence-electron chi connectivity index (χ3n) is 5.31. The Hall–Kier alpha value is -3.84. The molecule has 5 rings (SSSR count). The van der Waals surface area contributed by atoms with Gasteiger partial charge in [0.15, 0.2) is 5.13 Å². The van der Waals surface area contributed by atoms with E-state index in [1.54, 1.807) is 30.9 Å². The average molecular weight is 428 g/mol. The number of rotatable bonds is 4. The highest BCUT2D eigenvalue weighted by molar-refractivity contribution is 7.14. The van der Waals surface area contributed by atoms with E-state index in [9.17, 15) is 4.39 Å². The number of nitrogens with zero attached hydrogens (tertiary/aromatic N) is 2. The summed E-state index contributed by atoms with van der Waals surface area (Å²) in [6.45, 7) is 2.00. The number of fused-ring (bicyclic) bond motifs is 1. The average Bonchev–Trinajstić information content (AvgIpc) is 3.40. The highest BCUT2D eigenvalue weighted by atomic mass is 32.1. The van der Waals surface area contributed by atoms with Crippen molar-refractivity contribution in [3.63, 3.8) is 0 Å². The van der Waals surface area contributed by atoms with Crippen LogP contribution in [0.3, 0.4) is 0 Å². The number of hydrogen-bond acceptors (Lipinski definition) is 5. The normalized spacial score (nSPS) is 11.2. The first-order valence-electron chi connectivity index (χ1n) is 9.63. The molecule has 5 aromatic rings. The molecule has 0 spiro atoms. The molecule has 31 heavy (non-hydrogen) atoms. The first kappa shape index (κ1) is 19.1. The van der Waals surface area contributed by atoms with Crippen molar-refractivity contribution in [3.05, 3.63) is 89.2 Å². The summed E-state index contributed by atoms with van der Waals surface area (Å²) >= 11 is 1.07. The molecule has 0 saturated heterocycles. The van der Waals surface area contributed by atoms with Gasteiger partial charge < -0.3 is 10.7 Å². The van der Waals surface area contributed by atoms with E-state index >= 15 is 0 Å². The van der Waals surface area contributed by atoms with E-state index in [4.69, 9.17) is 11.1 Å². The van der Waals surface area contributed by atoms with Gasteiger partial charge >= 0.3 is 0 Å². The molecule has 4 aromatic heterocycles. The molecular formula is C24H18FN5S.